The van der Waals surface area contributed by atoms with Gasteiger partial charge in [0.25, 0.3) is 5.91 Å². The molecule has 0 bridgehead atoms. The lowest BCUT2D eigenvalue weighted by molar-refractivity contribution is -0.158. The van der Waals surface area contributed by atoms with Gasteiger partial charge >= 0.3 is 0 Å². The van der Waals surface area contributed by atoms with Crippen LogP contribution in [-0.4, -0.2) is 77.7 Å². The molecule has 3 amide bonds. The Morgan fingerprint density at radius 3 is 2.35 bits per heavy atom. The van der Waals surface area contributed by atoms with Crippen LogP contribution in [0.5, 0.6) is 0 Å². The van der Waals surface area contributed by atoms with Crippen LogP contribution in [0.2, 0.25) is 0 Å². The molecule has 188 valence electrons. The van der Waals surface area contributed by atoms with E-state index >= 15 is 0 Å². The summed E-state index contributed by atoms with van der Waals surface area (Å²) in [6, 6.07) is 7.10. The Morgan fingerprint density at radius 2 is 1.68 bits per heavy atom. The first kappa shape index (κ1) is 26.2. The van der Waals surface area contributed by atoms with Crippen LogP contribution in [0.25, 0.3) is 0 Å². The second kappa shape index (κ2) is 13.5. The number of amides is 3. The van der Waals surface area contributed by atoms with E-state index in [2.05, 4.69) is 24.1 Å². The molecule has 0 unspecified atom stereocenters. The molecule has 2 saturated heterocycles. The number of rotatable bonds is 13. The van der Waals surface area contributed by atoms with Crippen molar-refractivity contribution < 1.29 is 14.4 Å². The fourth-order valence-electron chi connectivity index (χ4n) is 4.85. The quantitative estimate of drug-likeness (QED) is 0.448. The van der Waals surface area contributed by atoms with Crippen molar-refractivity contribution in [3.05, 3.63) is 35.4 Å². The van der Waals surface area contributed by atoms with Gasteiger partial charge in [-0.3, -0.25) is 14.4 Å². The lowest BCUT2D eigenvalue weighted by Gasteiger charge is -2.42. The normalized spacial score (nSPS) is 18.4. The van der Waals surface area contributed by atoms with Crippen molar-refractivity contribution in [3.8, 4) is 0 Å². The second-order valence-electron chi connectivity index (χ2n) is 9.65. The van der Waals surface area contributed by atoms with Gasteiger partial charge in [0.2, 0.25) is 11.8 Å². The number of hydrogen-bond acceptors (Lipinski definition) is 4. The Bertz CT molecular complexity index is 803. The molecule has 34 heavy (non-hydrogen) atoms. The molecule has 2 aliphatic rings. The van der Waals surface area contributed by atoms with Gasteiger partial charge in [0.15, 0.2) is 0 Å². The summed E-state index contributed by atoms with van der Waals surface area (Å²) >= 11 is 0. The third kappa shape index (κ3) is 7.29. The van der Waals surface area contributed by atoms with Crippen molar-refractivity contribution in [3.63, 3.8) is 0 Å². The Morgan fingerprint density at radius 1 is 1.00 bits per heavy atom. The van der Waals surface area contributed by atoms with Crippen LogP contribution in [0, 0.1) is 0 Å². The number of nitrogens with one attached hydrogen (secondary N) is 1. The largest absolute Gasteiger partial charge is 0.352 e. The SMILES string of the molecule is CCCCN(CCCC)CCCNC(=O)c1ccc(CN2CC(=O)N3CCCC[C@@H]3C2=O)cc1. The number of piperidine rings is 1. The first-order chi connectivity index (χ1) is 16.5. The van der Waals surface area contributed by atoms with Gasteiger partial charge in [-0.05, 0) is 75.9 Å². The summed E-state index contributed by atoms with van der Waals surface area (Å²) in [5.41, 5.74) is 1.56. The molecule has 0 spiro atoms. The molecular formula is C27H42N4O3. The van der Waals surface area contributed by atoms with E-state index in [1.165, 1.54) is 25.7 Å². The molecule has 1 atom stereocenters. The van der Waals surface area contributed by atoms with Gasteiger partial charge in [-0.15, -0.1) is 0 Å². The number of hydrogen-bond donors (Lipinski definition) is 1. The van der Waals surface area contributed by atoms with E-state index in [0.29, 0.717) is 25.2 Å². The fourth-order valence-corrected chi connectivity index (χ4v) is 4.85. The van der Waals surface area contributed by atoms with Crippen LogP contribution in [-0.2, 0) is 16.1 Å². The minimum atomic E-state index is -0.292. The molecule has 0 aromatic heterocycles. The number of benzene rings is 1. The third-order valence-corrected chi connectivity index (χ3v) is 6.93. The summed E-state index contributed by atoms with van der Waals surface area (Å²) in [7, 11) is 0. The van der Waals surface area contributed by atoms with E-state index in [0.717, 1.165) is 50.9 Å². The number of carbonyl (C=O) groups is 3. The van der Waals surface area contributed by atoms with Gasteiger partial charge < -0.3 is 20.0 Å². The number of carbonyl (C=O) groups excluding carboxylic acids is 3. The lowest BCUT2D eigenvalue weighted by atomic mass is 9.98. The molecule has 7 nitrogen and oxygen atoms in total. The predicted molar refractivity (Wildman–Crippen MR) is 134 cm³/mol. The van der Waals surface area contributed by atoms with E-state index in [4.69, 9.17) is 0 Å². The Hall–Kier alpha value is -2.41. The highest BCUT2D eigenvalue weighted by Crippen LogP contribution is 2.24. The fraction of sp³-hybridized carbons (Fsp3) is 0.667. The Kier molecular flexibility index (Phi) is 10.4. The molecule has 2 aliphatic heterocycles. The average Bonchev–Trinajstić information content (AvgIpc) is 2.86. The van der Waals surface area contributed by atoms with Crippen LogP contribution in [0.3, 0.4) is 0 Å². The van der Waals surface area contributed by atoms with Gasteiger partial charge in [0, 0.05) is 25.2 Å². The Labute approximate surface area is 204 Å². The molecule has 0 saturated carbocycles. The smallest absolute Gasteiger partial charge is 0.251 e. The Balaban J connectivity index is 1.44. The number of piperazine rings is 1. The molecule has 7 heteroatoms. The molecule has 3 rings (SSSR count). The van der Waals surface area contributed by atoms with Crippen LogP contribution in [0.15, 0.2) is 24.3 Å². The summed E-state index contributed by atoms with van der Waals surface area (Å²) in [6.07, 6.45) is 8.53. The molecular weight excluding hydrogens is 428 g/mol. The van der Waals surface area contributed by atoms with Crippen LogP contribution in [0.1, 0.15) is 81.1 Å². The average molecular weight is 471 g/mol. The van der Waals surface area contributed by atoms with Gasteiger partial charge in [-0.1, -0.05) is 38.8 Å². The second-order valence-corrected chi connectivity index (χ2v) is 9.65. The zero-order valence-corrected chi connectivity index (χ0v) is 21.1. The first-order valence-electron chi connectivity index (χ1n) is 13.2. The van der Waals surface area contributed by atoms with Crippen LogP contribution >= 0.6 is 0 Å². The van der Waals surface area contributed by atoms with Gasteiger partial charge in [0.05, 0.1) is 0 Å². The van der Waals surface area contributed by atoms with Crippen molar-refractivity contribution in [1.82, 2.24) is 20.0 Å². The number of nitrogens with zero attached hydrogens (tertiary/aromatic N) is 3. The molecule has 1 aromatic rings. The molecule has 0 aliphatic carbocycles. The number of fused-ring (bicyclic) bond motifs is 1. The van der Waals surface area contributed by atoms with Crippen molar-refractivity contribution >= 4 is 17.7 Å². The molecule has 1 N–H and O–H groups in total. The highest BCUT2D eigenvalue weighted by Gasteiger charge is 2.40. The standard InChI is InChI=1S/C27H42N4O3/c1-3-5-16-29(17-6-4-2)18-9-15-28-26(33)23-13-11-22(12-14-23)20-30-21-25(32)31-19-8-7-10-24(31)27(30)34/h11-14,24H,3-10,15-21H2,1-2H3,(H,28,33)/t24-/m1/s1. The van der Waals surface area contributed by atoms with Crippen molar-refractivity contribution in [1.29, 1.82) is 0 Å². The third-order valence-electron chi connectivity index (χ3n) is 6.93. The maximum atomic E-state index is 12.9. The molecule has 0 radical (unpaired) electrons. The monoisotopic (exact) mass is 470 g/mol. The topological polar surface area (TPSA) is 73.0 Å². The van der Waals surface area contributed by atoms with Crippen molar-refractivity contribution in [2.75, 3.05) is 39.3 Å². The minimum Gasteiger partial charge on any atom is -0.352 e. The first-order valence-corrected chi connectivity index (χ1v) is 13.2. The van der Waals surface area contributed by atoms with Crippen LogP contribution in [0.4, 0.5) is 0 Å². The van der Waals surface area contributed by atoms with Crippen molar-refractivity contribution in [2.45, 2.75) is 77.8 Å². The molecule has 2 fully saturated rings. The maximum Gasteiger partial charge on any atom is 0.251 e. The maximum absolute atomic E-state index is 12.9. The summed E-state index contributed by atoms with van der Waals surface area (Å²) in [6.45, 7) is 9.63. The van der Waals surface area contributed by atoms with E-state index in [-0.39, 0.29) is 30.3 Å². The van der Waals surface area contributed by atoms with Crippen LogP contribution < -0.4 is 5.32 Å². The summed E-state index contributed by atoms with van der Waals surface area (Å²) in [5.74, 6) is 0.0265. The zero-order chi connectivity index (χ0) is 24.3. The van der Waals surface area contributed by atoms with E-state index in [9.17, 15) is 14.4 Å². The van der Waals surface area contributed by atoms with E-state index < -0.39 is 0 Å². The predicted octanol–water partition coefficient (Wildman–Crippen LogP) is 3.43. The lowest BCUT2D eigenvalue weighted by Crippen LogP contribution is -2.60. The highest BCUT2D eigenvalue weighted by molar-refractivity contribution is 5.95. The number of unbranched alkanes of at least 4 members (excludes halogenated alkanes) is 2. The molecule has 1 aromatic carbocycles. The molecule has 2 heterocycles. The summed E-state index contributed by atoms with van der Waals surface area (Å²) < 4.78 is 0. The van der Waals surface area contributed by atoms with Gasteiger partial charge in [-0.2, -0.15) is 0 Å². The van der Waals surface area contributed by atoms with E-state index in [1.807, 2.05) is 24.3 Å². The van der Waals surface area contributed by atoms with Gasteiger partial charge in [0.1, 0.15) is 12.6 Å². The zero-order valence-electron chi connectivity index (χ0n) is 21.1. The van der Waals surface area contributed by atoms with Gasteiger partial charge in [-0.25, -0.2) is 0 Å². The summed E-state index contributed by atoms with van der Waals surface area (Å²) in [4.78, 5) is 43.8. The minimum absolute atomic E-state index is 0.0447. The van der Waals surface area contributed by atoms with Crippen molar-refractivity contribution in [2.24, 2.45) is 0 Å². The van der Waals surface area contributed by atoms with E-state index in [1.54, 1.807) is 9.80 Å². The summed E-state index contributed by atoms with van der Waals surface area (Å²) in [5, 5.41) is 3.03. The highest BCUT2D eigenvalue weighted by atomic mass is 16.2.